The lowest BCUT2D eigenvalue weighted by atomic mass is 10.2. The third-order valence-electron chi connectivity index (χ3n) is 7.12. The monoisotopic (exact) mass is 612 g/mol. The van der Waals surface area contributed by atoms with Crippen molar-refractivity contribution in [2.45, 2.75) is 77.8 Å². The molecule has 0 aromatic heterocycles. The minimum Gasteiger partial charge on any atom is -0.517 e. The second kappa shape index (κ2) is 21.3. The van der Waals surface area contributed by atoms with Gasteiger partial charge in [-0.05, 0) is 36.3 Å². The first-order valence-corrected chi connectivity index (χ1v) is 20.3. The summed E-state index contributed by atoms with van der Waals surface area (Å²) in [7, 11) is -3.80. The van der Waals surface area contributed by atoms with Crippen LogP contribution in [0.25, 0.3) is 0 Å². The molecule has 0 unspecified atom stereocenters. The second-order valence-electron chi connectivity index (χ2n) is 12.6. The Labute approximate surface area is 246 Å². The highest BCUT2D eigenvalue weighted by atomic mass is 28.4. The van der Waals surface area contributed by atoms with Gasteiger partial charge in [0.05, 0.1) is 92.5 Å². The topological polar surface area (TPSA) is 100 Å². The molecule has 0 bridgehead atoms. The number of hydrogen-bond acceptors (Lipinski definition) is 10. The molecule has 0 aliphatic rings. The molecule has 0 atom stereocenters. The quantitative estimate of drug-likeness (QED) is 0.107. The molecule has 10 nitrogen and oxygen atoms in total. The normalized spacial score (nSPS) is 13.2. The molecule has 0 N–H and O–H groups in total. The van der Waals surface area contributed by atoms with E-state index in [4.69, 9.17) is 42.0 Å². The average molecular weight is 613 g/mol. The Balaban J connectivity index is 3.32. The van der Waals surface area contributed by atoms with Crippen molar-refractivity contribution in [3.05, 3.63) is 0 Å². The van der Waals surface area contributed by atoms with Gasteiger partial charge in [0.1, 0.15) is 6.61 Å². The lowest BCUT2D eigenvalue weighted by Gasteiger charge is -2.36. The van der Waals surface area contributed by atoms with Crippen LogP contribution in [0.5, 0.6) is 0 Å². The van der Waals surface area contributed by atoms with E-state index in [2.05, 4.69) is 54.6 Å². The van der Waals surface area contributed by atoms with Gasteiger partial charge in [-0.2, -0.15) is 0 Å². The summed E-state index contributed by atoms with van der Waals surface area (Å²) in [5, 5.41) is 0.200. The van der Waals surface area contributed by atoms with E-state index in [9.17, 15) is 4.79 Å². The minimum absolute atomic E-state index is 0.0161. The number of hydrogen-bond donors (Lipinski definition) is 0. The Morgan fingerprint density at radius 3 is 1.02 bits per heavy atom. The van der Waals surface area contributed by atoms with Crippen LogP contribution in [0.1, 0.15) is 41.5 Å². The third kappa shape index (κ3) is 20.5. The number of rotatable bonds is 25. The summed E-state index contributed by atoms with van der Waals surface area (Å²) in [4.78, 5) is 12.0. The SMILES string of the molecule is CC(C)(C)[Si](C)(C)OCCOCCOCCOCCOCCOCCOCCOCC(=O)O[Si](C)(C)C(C)(C)C. The first kappa shape index (κ1) is 39.6. The predicted octanol–water partition coefficient (Wildman–Crippen LogP) is 4.67. The molecule has 0 aliphatic heterocycles. The molecule has 40 heavy (non-hydrogen) atoms. The van der Waals surface area contributed by atoms with Gasteiger partial charge in [-0.3, -0.25) is 4.79 Å². The standard InChI is InChI=1S/C28H60O10Si2/c1-27(2,3)39(7,8)37-24-23-35-20-19-33-16-15-31-12-11-30-13-14-32-17-18-34-21-22-36-25-26(29)38-40(9,10)28(4,5)6/h11-25H2,1-10H3. The van der Waals surface area contributed by atoms with E-state index in [-0.39, 0.29) is 22.7 Å². The van der Waals surface area contributed by atoms with E-state index in [1.54, 1.807) is 0 Å². The van der Waals surface area contributed by atoms with Crippen LogP contribution in [0.2, 0.25) is 36.3 Å². The van der Waals surface area contributed by atoms with Gasteiger partial charge in [0.25, 0.3) is 8.32 Å². The molecule has 0 heterocycles. The third-order valence-corrected chi connectivity index (χ3v) is 16.0. The number of ether oxygens (including phenoxy) is 7. The van der Waals surface area contributed by atoms with E-state index in [1.807, 2.05) is 13.1 Å². The molecule has 0 aromatic rings. The first-order chi connectivity index (χ1) is 18.6. The van der Waals surface area contributed by atoms with Crippen molar-refractivity contribution in [3.63, 3.8) is 0 Å². The van der Waals surface area contributed by atoms with Gasteiger partial charge in [0.2, 0.25) is 0 Å². The molecule has 0 radical (unpaired) electrons. The summed E-state index contributed by atoms with van der Waals surface area (Å²) in [6.07, 6.45) is 0. The van der Waals surface area contributed by atoms with Gasteiger partial charge in [-0.25, -0.2) is 0 Å². The fourth-order valence-corrected chi connectivity index (χ4v) is 4.48. The molecular formula is C28H60O10Si2. The molecule has 0 fully saturated rings. The largest absolute Gasteiger partial charge is 0.517 e. The Morgan fingerprint density at radius 2 is 0.725 bits per heavy atom. The molecule has 0 aliphatic carbocycles. The van der Waals surface area contributed by atoms with Crippen molar-refractivity contribution in [1.82, 2.24) is 0 Å². The number of carbonyl (C=O) groups excluding carboxylic acids is 1. The van der Waals surface area contributed by atoms with Crippen molar-refractivity contribution in [1.29, 1.82) is 0 Å². The van der Waals surface area contributed by atoms with Crippen LogP contribution >= 0.6 is 0 Å². The molecule has 0 rings (SSSR count). The van der Waals surface area contributed by atoms with Gasteiger partial charge < -0.3 is 42.0 Å². The van der Waals surface area contributed by atoms with Crippen LogP contribution in [-0.4, -0.2) is 122 Å². The molecule has 0 spiro atoms. The maximum atomic E-state index is 12.0. The molecule has 0 aromatic carbocycles. The van der Waals surface area contributed by atoms with Gasteiger partial charge in [0, 0.05) is 0 Å². The van der Waals surface area contributed by atoms with E-state index < -0.39 is 16.6 Å². The zero-order chi connectivity index (χ0) is 30.5. The Bertz CT molecular complexity index is 634. The summed E-state index contributed by atoms with van der Waals surface area (Å²) in [5.41, 5.74) is 0. The Kier molecular flexibility index (Phi) is 21.1. The van der Waals surface area contributed by atoms with Crippen LogP contribution < -0.4 is 0 Å². The van der Waals surface area contributed by atoms with E-state index in [0.717, 1.165) is 0 Å². The summed E-state index contributed by atoms with van der Waals surface area (Å²) >= 11 is 0. The van der Waals surface area contributed by atoms with E-state index in [1.165, 1.54) is 0 Å². The van der Waals surface area contributed by atoms with Crippen molar-refractivity contribution in [2.75, 3.05) is 99.1 Å². The van der Waals surface area contributed by atoms with Gasteiger partial charge in [0.15, 0.2) is 8.32 Å². The highest BCUT2D eigenvalue weighted by Crippen LogP contribution is 2.37. The van der Waals surface area contributed by atoms with Crippen LogP contribution in [-0.2, 0) is 46.8 Å². The van der Waals surface area contributed by atoms with Gasteiger partial charge >= 0.3 is 5.97 Å². The van der Waals surface area contributed by atoms with Gasteiger partial charge in [-0.1, -0.05) is 41.5 Å². The lowest BCUT2D eigenvalue weighted by Crippen LogP contribution is -2.43. The summed E-state index contributed by atoms with van der Waals surface area (Å²) in [6.45, 7) is 28.5. The van der Waals surface area contributed by atoms with Crippen molar-refractivity contribution >= 4 is 22.6 Å². The maximum Gasteiger partial charge on any atom is 0.318 e. The predicted molar refractivity (Wildman–Crippen MR) is 162 cm³/mol. The number of carbonyl (C=O) groups is 1. The summed E-state index contributed by atoms with van der Waals surface area (Å²) in [6, 6.07) is 0. The highest BCUT2D eigenvalue weighted by molar-refractivity contribution is 6.75. The fraction of sp³-hybridized carbons (Fsp3) is 0.964. The molecule has 240 valence electrons. The van der Waals surface area contributed by atoms with E-state index >= 15 is 0 Å². The minimum atomic E-state index is -2.10. The fourth-order valence-electron chi connectivity index (χ4n) is 2.51. The van der Waals surface area contributed by atoms with Crippen molar-refractivity contribution in [2.24, 2.45) is 0 Å². The molecule has 0 saturated heterocycles. The zero-order valence-electron chi connectivity index (χ0n) is 27.2. The summed E-state index contributed by atoms with van der Waals surface area (Å²) in [5.74, 6) is -0.312. The maximum absolute atomic E-state index is 12.0. The zero-order valence-corrected chi connectivity index (χ0v) is 29.2. The summed E-state index contributed by atoms with van der Waals surface area (Å²) < 4.78 is 50.0. The second-order valence-corrected chi connectivity index (χ2v) is 22.1. The lowest BCUT2D eigenvalue weighted by molar-refractivity contribution is -0.141. The molecule has 0 amide bonds. The average Bonchev–Trinajstić information content (AvgIpc) is 2.82. The Hall–Kier alpha value is -0.416. The first-order valence-electron chi connectivity index (χ1n) is 14.5. The van der Waals surface area contributed by atoms with Crippen LogP contribution in [0.15, 0.2) is 0 Å². The van der Waals surface area contributed by atoms with Crippen LogP contribution in [0, 0.1) is 0 Å². The van der Waals surface area contributed by atoms with Crippen LogP contribution in [0.4, 0.5) is 0 Å². The smallest absolute Gasteiger partial charge is 0.318 e. The Morgan fingerprint density at radius 1 is 0.450 bits per heavy atom. The molecule has 12 heteroatoms. The highest BCUT2D eigenvalue weighted by Gasteiger charge is 2.40. The van der Waals surface area contributed by atoms with E-state index in [0.29, 0.717) is 92.5 Å². The molecular weight excluding hydrogens is 552 g/mol. The van der Waals surface area contributed by atoms with Gasteiger partial charge in [-0.15, -0.1) is 0 Å². The van der Waals surface area contributed by atoms with Crippen LogP contribution in [0.3, 0.4) is 0 Å². The van der Waals surface area contributed by atoms with Crippen molar-refractivity contribution < 1.29 is 46.8 Å². The van der Waals surface area contributed by atoms with Crippen molar-refractivity contribution in [3.8, 4) is 0 Å². The molecule has 0 saturated carbocycles.